The molecular weight excluding hydrogens is 288 g/mol. The largest absolute Gasteiger partial charge is 0.726 e. The molecule has 9 heteroatoms. The molecule has 0 spiro atoms. The lowest BCUT2D eigenvalue weighted by Crippen LogP contribution is -2.23. The van der Waals surface area contributed by atoms with E-state index in [1.807, 2.05) is 17.8 Å². The molecule has 0 fully saturated rings. The van der Waals surface area contributed by atoms with Crippen molar-refractivity contribution in [2.75, 3.05) is 33.5 Å². The summed E-state index contributed by atoms with van der Waals surface area (Å²) < 4.78 is 47.1. The van der Waals surface area contributed by atoms with Gasteiger partial charge < -0.3 is 14.0 Å². The van der Waals surface area contributed by atoms with Crippen LogP contribution in [0.3, 0.4) is 0 Å². The van der Waals surface area contributed by atoms with E-state index >= 15 is 0 Å². The lowest BCUT2D eigenvalue weighted by molar-refractivity contribution is -0.671. The third-order valence-corrected chi connectivity index (χ3v) is 2.53. The maximum absolute atomic E-state index is 9.86. The van der Waals surface area contributed by atoms with Crippen LogP contribution in [0.5, 0.6) is 0 Å². The number of ether oxygens (including phenoxy) is 2. The van der Waals surface area contributed by atoms with Gasteiger partial charge in [0.2, 0.25) is 16.7 Å². The van der Waals surface area contributed by atoms with Crippen molar-refractivity contribution in [2.24, 2.45) is 7.05 Å². The molecule has 118 valence electrons. The maximum Gasteiger partial charge on any atom is 0.243 e. The van der Waals surface area contributed by atoms with Crippen LogP contribution in [0, 0.1) is 0 Å². The van der Waals surface area contributed by atoms with Crippen LogP contribution in [-0.4, -0.2) is 51.1 Å². The number of nitrogens with zero attached hydrogens (tertiary/aromatic N) is 2. The van der Waals surface area contributed by atoms with Gasteiger partial charge in [-0.25, -0.2) is 17.6 Å². The third kappa shape index (κ3) is 12.1. The minimum Gasteiger partial charge on any atom is -0.726 e. The molecule has 0 N–H and O–H groups in total. The van der Waals surface area contributed by atoms with E-state index in [0.29, 0.717) is 13.2 Å². The zero-order valence-electron chi connectivity index (χ0n) is 12.0. The smallest absolute Gasteiger partial charge is 0.243 e. The highest BCUT2D eigenvalue weighted by Crippen LogP contribution is 1.85. The van der Waals surface area contributed by atoms with Gasteiger partial charge in [0.1, 0.15) is 12.4 Å². The first-order valence-electron chi connectivity index (χ1n) is 6.07. The Labute approximate surface area is 119 Å². The van der Waals surface area contributed by atoms with Gasteiger partial charge in [0, 0.05) is 7.11 Å². The Morgan fingerprint density at radius 1 is 1.25 bits per heavy atom. The van der Waals surface area contributed by atoms with Gasteiger partial charge in [0.25, 0.3) is 0 Å². The topological polar surface area (TPSA) is 93.7 Å². The van der Waals surface area contributed by atoms with Crippen molar-refractivity contribution in [1.29, 1.82) is 0 Å². The molecule has 0 aliphatic carbocycles. The Hall–Kier alpha value is -1.00. The summed E-state index contributed by atoms with van der Waals surface area (Å²) in [6, 6.07) is 0. The Balaban J connectivity index is 0.000000388. The van der Waals surface area contributed by atoms with Crippen LogP contribution in [-0.2, 0) is 37.6 Å². The Morgan fingerprint density at radius 2 is 1.90 bits per heavy atom. The monoisotopic (exact) mass is 310 g/mol. The van der Waals surface area contributed by atoms with Gasteiger partial charge in [-0.05, 0) is 6.92 Å². The summed E-state index contributed by atoms with van der Waals surface area (Å²) in [5, 5.41) is 0. The van der Waals surface area contributed by atoms with Crippen LogP contribution < -0.4 is 4.57 Å². The second-order valence-corrected chi connectivity index (χ2v) is 4.80. The van der Waals surface area contributed by atoms with E-state index in [0.717, 1.165) is 6.54 Å². The van der Waals surface area contributed by atoms with Crippen LogP contribution in [0.1, 0.15) is 6.92 Å². The first-order chi connectivity index (χ1) is 9.39. The van der Waals surface area contributed by atoms with Gasteiger partial charge in [-0.1, -0.05) is 0 Å². The van der Waals surface area contributed by atoms with Crippen LogP contribution in [0.25, 0.3) is 0 Å². The second-order valence-electron chi connectivity index (χ2n) is 3.74. The molecule has 0 aromatic carbocycles. The molecule has 0 saturated heterocycles. The molecule has 0 atom stereocenters. The molecule has 1 heterocycles. The number of rotatable bonds is 8. The van der Waals surface area contributed by atoms with Gasteiger partial charge in [-0.2, -0.15) is 0 Å². The normalized spacial score (nSPS) is 11.0. The summed E-state index contributed by atoms with van der Waals surface area (Å²) in [6.45, 7) is 3.75. The number of aryl methyl sites for hydroxylation is 2. The Kier molecular flexibility index (Phi) is 10.2. The van der Waals surface area contributed by atoms with Crippen molar-refractivity contribution in [3.63, 3.8) is 0 Å². The fourth-order valence-corrected chi connectivity index (χ4v) is 1.40. The predicted octanol–water partition coefficient (Wildman–Crippen LogP) is -0.541. The van der Waals surface area contributed by atoms with Crippen molar-refractivity contribution in [1.82, 2.24) is 4.57 Å². The molecule has 1 aromatic rings. The van der Waals surface area contributed by atoms with Crippen molar-refractivity contribution in [2.45, 2.75) is 13.5 Å². The zero-order chi connectivity index (χ0) is 15.4. The van der Waals surface area contributed by atoms with Gasteiger partial charge in [0.05, 0.1) is 40.0 Å². The van der Waals surface area contributed by atoms with Crippen molar-refractivity contribution in [3.05, 3.63) is 18.7 Å². The average molecular weight is 310 g/mol. The van der Waals surface area contributed by atoms with Gasteiger partial charge in [0.15, 0.2) is 0 Å². The molecule has 0 unspecified atom stereocenters. The van der Waals surface area contributed by atoms with Crippen LogP contribution in [0.15, 0.2) is 18.7 Å². The standard InChI is InChI=1S/C6H11N2.C5H12O6S/c1-3-8-5-4-7(2)6-8;1-9-2-3-10-4-5-11-12(6,7)8/h4-6H,3H2,1-2H3;2-5H2,1H3,(H,6,7,8)/q+1;/p-1. The van der Waals surface area contributed by atoms with E-state index in [2.05, 4.69) is 32.9 Å². The number of aromatic nitrogens is 2. The minimum absolute atomic E-state index is 0.0603. The molecule has 1 rings (SSSR count). The highest BCUT2D eigenvalue weighted by Gasteiger charge is 1.94. The molecule has 8 nitrogen and oxygen atoms in total. The summed E-state index contributed by atoms with van der Waals surface area (Å²) in [6.07, 6.45) is 6.14. The summed E-state index contributed by atoms with van der Waals surface area (Å²) in [5.74, 6) is 0. The molecular formula is C11H22N2O6S. The van der Waals surface area contributed by atoms with Gasteiger partial charge >= 0.3 is 0 Å². The van der Waals surface area contributed by atoms with E-state index in [1.54, 1.807) is 0 Å². The molecule has 0 saturated carbocycles. The highest BCUT2D eigenvalue weighted by atomic mass is 32.3. The highest BCUT2D eigenvalue weighted by molar-refractivity contribution is 7.80. The summed E-state index contributed by atoms with van der Waals surface area (Å²) in [4.78, 5) is 0. The van der Waals surface area contributed by atoms with Crippen LogP contribution in [0.2, 0.25) is 0 Å². The minimum atomic E-state index is -4.58. The van der Waals surface area contributed by atoms with Gasteiger partial charge in [-0.15, -0.1) is 0 Å². The lowest BCUT2D eigenvalue weighted by atomic mass is 10.7. The summed E-state index contributed by atoms with van der Waals surface area (Å²) >= 11 is 0. The maximum atomic E-state index is 9.86. The number of imidazole rings is 1. The molecule has 1 aromatic heterocycles. The van der Waals surface area contributed by atoms with Crippen molar-refractivity contribution < 1.29 is 31.2 Å². The molecule has 0 radical (unpaired) electrons. The van der Waals surface area contributed by atoms with Crippen molar-refractivity contribution in [3.8, 4) is 0 Å². The molecule has 0 aliphatic rings. The van der Waals surface area contributed by atoms with E-state index in [9.17, 15) is 13.0 Å². The molecule has 20 heavy (non-hydrogen) atoms. The SMILES string of the molecule is CCn1cc[n+](C)c1.COCCOCCOS(=O)(=O)[O-]. The van der Waals surface area contributed by atoms with Gasteiger partial charge in [-0.3, -0.25) is 4.18 Å². The first-order valence-corrected chi connectivity index (χ1v) is 7.40. The third-order valence-electron chi connectivity index (χ3n) is 2.08. The van der Waals surface area contributed by atoms with E-state index in [1.165, 1.54) is 7.11 Å². The van der Waals surface area contributed by atoms with E-state index < -0.39 is 10.4 Å². The molecule has 0 amide bonds. The molecule has 0 bridgehead atoms. The zero-order valence-corrected chi connectivity index (χ0v) is 12.8. The fraction of sp³-hybridized carbons (Fsp3) is 0.727. The number of hydrogen-bond donors (Lipinski definition) is 0. The van der Waals surface area contributed by atoms with Crippen molar-refractivity contribution >= 4 is 10.4 Å². The van der Waals surface area contributed by atoms with E-state index in [-0.39, 0.29) is 13.2 Å². The fourth-order valence-electron chi connectivity index (χ4n) is 1.13. The second kappa shape index (κ2) is 10.7. The lowest BCUT2D eigenvalue weighted by Gasteiger charge is -2.07. The summed E-state index contributed by atoms with van der Waals surface area (Å²) in [7, 11) is -1.04. The quantitative estimate of drug-likeness (QED) is 0.277. The Bertz CT molecular complexity index is 446. The molecule has 0 aliphatic heterocycles. The predicted molar refractivity (Wildman–Crippen MR) is 69.6 cm³/mol. The number of hydrogen-bond acceptors (Lipinski definition) is 6. The van der Waals surface area contributed by atoms with E-state index in [4.69, 9.17) is 4.74 Å². The van der Waals surface area contributed by atoms with Crippen LogP contribution in [0.4, 0.5) is 0 Å². The Morgan fingerprint density at radius 3 is 2.30 bits per heavy atom. The summed E-state index contributed by atoms with van der Waals surface area (Å²) in [5.41, 5.74) is 0. The number of methoxy groups -OCH3 is 1. The first kappa shape index (κ1) is 19.0. The van der Waals surface area contributed by atoms with Crippen LogP contribution >= 0.6 is 0 Å². The average Bonchev–Trinajstić information content (AvgIpc) is 2.79.